The Balaban J connectivity index is 2.26. The van der Waals surface area contributed by atoms with E-state index in [2.05, 4.69) is 15.5 Å². The van der Waals surface area contributed by atoms with Crippen LogP contribution in [0.4, 0.5) is 0 Å². The summed E-state index contributed by atoms with van der Waals surface area (Å²) < 4.78 is 5.42. The van der Waals surface area contributed by atoms with E-state index in [-0.39, 0.29) is 12.0 Å². The van der Waals surface area contributed by atoms with Crippen molar-refractivity contribution in [3.05, 3.63) is 28.6 Å². The van der Waals surface area contributed by atoms with Crippen molar-refractivity contribution in [2.45, 2.75) is 20.0 Å². The van der Waals surface area contributed by atoms with Gasteiger partial charge in [0.05, 0.1) is 6.10 Å². The average Bonchev–Trinajstić information content (AvgIpc) is 2.78. The van der Waals surface area contributed by atoms with E-state index in [4.69, 9.17) is 16.3 Å². The number of hydrazone groups is 1. The number of H-pyrrole nitrogens is 1. The van der Waals surface area contributed by atoms with Gasteiger partial charge in [0.1, 0.15) is 10.7 Å². The quantitative estimate of drug-likeness (QED) is 0.791. The molecule has 2 heterocycles. The lowest BCUT2D eigenvalue weighted by molar-refractivity contribution is -0.116. The van der Waals surface area contributed by atoms with Gasteiger partial charge in [-0.05, 0) is 32.1 Å². The molecule has 2 rings (SSSR count). The number of aromatic nitrogens is 1. The zero-order chi connectivity index (χ0) is 12.4. The number of hydrogen-bond acceptors (Lipinski definition) is 3. The van der Waals surface area contributed by atoms with Crippen LogP contribution in [0.2, 0.25) is 5.15 Å². The van der Waals surface area contributed by atoms with E-state index in [1.54, 1.807) is 18.2 Å². The molecule has 0 bridgehead atoms. The molecule has 2 N–H and O–H groups in total. The fourth-order valence-electron chi connectivity index (χ4n) is 1.38. The molecule has 0 saturated carbocycles. The largest absolute Gasteiger partial charge is 0.473 e. The highest BCUT2D eigenvalue weighted by Gasteiger charge is 2.25. The second kappa shape index (κ2) is 4.63. The molecule has 0 spiro atoms. The molecule has 6 heteroatoms. The molecule has 0 saturated heterocycles. The summed E-state index contributed by atoms with van der Waals surface area (Å²) >= 11 is 5.76. The number of rotatable bonds is 2. The van der Waals surface area contributed by atoms with Crippen molar-refractivity contribution in [2.75, 3.05) is 0 Å². The summed E-state index contributed by atoms with van der Waals surface area (Å²) in [5.74, 6) is 0.0158. The van der Waals surface area contributed by atoms with Crippen molar-refractivity contribution in [1.82, 2.24) is 10.4 Å². The Kier molecular flexibility index (Phi) is 3.19. The number of ether oxygens (including phenoxy) is 1. The summed E-state index contributed by atoms with van der Waals surface area (Å²) in [6, 6.07) is 3.48. The van der Waals surface area contributed by atoms with Crippen LogP contribution in [-0.2, 0) is 9.53 Å². The minimum Gasteiger partial charge on any atom is -0.473 e. The van der Waals surface area contributed by atoms with Crippen LogP contribution in [0.5, 0.6) is 0 Å². The minimum atomic E-state index is -0.286. The molecule has 0 unspecified atom stereocenters. The van der Waals surface area contributed by atoms with E-state index in [1.807, 2.05) is 13.8 Å². The van der Waals surface area contributed by atoms with E-state index in [1.165, 1.54) is 0 Å². The fourth-order valence-corrected chi connectivity index (χ4v) is 1.56. The molecule has 1 amide bonds. The lowest BCUT2D eigenvalue weighted by Crippen LogP contribution is -2.16. The maximum Gasteiger partial charge on any atom is 0.277 e. The highest BCUT2D eigenvalue weighted by atomic mass is 35.5. The predicted molar refractivity (Wildman–Crippen MR) is 65.6 cm³/mol. The van der Waals surface area contributed by atoms with E-state index in [0.717, 1.165) is 5.69 Å². The Labute approximate surface area is 103 Å². The Morgan fingerprint density at radius 1 is 1.47 bits per heavy atom. The summed E-state index contributed by atoms with van der Waals surface area (Å²) in [6.45, 7) is 3.74. The van der Waals surface area contributed by atoms with Crippen molar-refractivity contribution in [3.8, 4) is 0 Å². The van der Waals surface area contributed by atoms with Crippen LogP contribution in [0.1, 0.15) is 19.5 Å². The zero-order valence-electron chi connectivity index (χ0n) is 9.45. The second-order valence-electron chi connectivity index (χ2n) is 3.84. The number of aromatic amines is 1. The summed E-state index contributed by atoms with van der Waals surface area (Å²) in [6.07, 6.45) is 1.60. The minimum absolute atomic E-state index is 0.0444. The van der Waals surface area contributed by atoms with Gasteiger partial charge in [-0.25, -0.2) is 5.43 Å². The van der Waals surface area contributed by atoms with Gasteiger partial charge in [0, 0.05) is 5.69 Å². The third-order valence-corrected chi connectivity index (χ3v) is 2.27. The van der Waals surface area contributed by atoms with Crippen LogP contribution in [-0.4, -0.2) is 22.9 Å². The van der Waals surface area contributed by atoms with E-state index in [0.29, 0.717) is 16.6 Å². The van der Waals surface area contributed by atoms with Crippen LogP contribution in [0.15, 0.2) is 22.8 Å². The Hall–Kier alpha value is -1.75. The third kappa shape index (κ3) is 2.68. The maximum absolute atomic E-state index is 11.6. The molecule has 5 nitrogen and oxygen atoms in total. The molecule has 0 radical (unpaired) electrons. The molecule has 0 atom stereocenters. The van der Waals surface area contributed by atoms with Crippen LogP contribution >= 0.6 is 11.6 Å². The van der Waals surface area contributed by atoms with Crippen molar-refractivity contribution in [2.24, 2.45) is 5.10 Å². The van der Waals surface area contributed by atoms with Crippen LogP contribution in [0.25, 0.3) is 6.08 Å². The molecule has 0 fully saturated rings. The van der Waals surface area contributed by atoms with E-state index >= 15 is 0 Å². The zero-order valence-corrected chi connectivity index (χ0v) is 10.2. The molecular weight excluding hydrogens is 242 g/mol. The second-order valence-corrected chi connectivity index (χ2v) is 4.25. The molecule has 0 aromatic carbocycles. The SMILES string of the molecule is CC(C)OC1=NNC(=O)/C1=C/c1ccc(Cl)[nH]1. The number of hydrogen-bond donors (Lipinski definition) is 2. The van der Waals surface area contributed by atoms with Crippen LogP contribution < -0.4 is 5.43 Å². The number of halogens is 1. The summed E-state index contributed by atoms with van der Waals surface area (Å²) in [5.41, 5.74) is 3.47. The standard InChI is InChI=1S/C11H12ClN3O2/c1-6(2)17-11-8(10(16)14-15-11)5-7-3-4-9(12)13-7/h3-6,13H,1-2H3,(H,14,16)/b8-5-. The number of carbonyl (C=O) groups is 1. The van der Waals surface area contributed by atoms with Gasteiger partial charge in [0.2, 0.25) is 5.90 Å². The van der Waals surface area contributed by atoms with Crippen molar-refractivity contribution < 1.29 is 9.53 Å². The third-order valence-electron chi connectivity index (χ3n) is 2.05. The van der Waals surface area contributed by atoms with Gasteiger partial charge in [-0.1, -0.05) is 11.6 Å². The maximum atomic E-state index is 11.6. The fraction of sp³-hybridized carbons (Fsp3) is 0.273. The summed E-state index contributed by atoms with van der Waals surface area (Å²) in [5, 5.41) is 4.33. The molecule has 1 aliphatic rings. The Morgan fingerprint density at radius 3 is 2.82 bits per heavy atom. The van der Waals surface area contributed by atoms with Gasteiger partial charge < -0.3 is 9.72 Å². The first-order valence-electron chi connectivity index (χ1n) is 5.17. The number of carbonyl (C=O) groups excluding carboxylic acids is 1. The highest BCUT2D eigenvalue weighted by Crippen LogP contribution is 2.15. The lowest BCUT2D eigenvalue weighted by atomic mass is 10.2. The number of nitrogens with one attached hydrogen (secondary N) is 2. The van der Waals surface area contributed by atoms with Gasteiger partial charge in [-0.15, -0.1) is 5.10 Å². The number of amides is 1. The highest BCUT2D eigenvalue weighted by molar-refractivity contribution is 6.29. The molecular formula is C11H12ClN3O2. The molecule has 1 aromatic heterocycles. The van der Waals surface area contributed by atoms with Gasteiger partial charge >= 0.3 is 0 Å². The smallest absolute Gasteiger partial charge is 0.277 e. The van der Waals surface area contributed by atoms with Gasteiger partial charge in [-0.2, -0.15) is 0 Å². The first kappa shape index (κ1) is 11.7. The summed E-state index contributed by atoms with van der Waals surface area (Å²) in [4.78, 5) is 14.5. The van der Waals surface area contributed by atoms with Crippen LogP contribution in [0.3, 0.4) is 0 Å². The lowest BCUT2D eigenvalue weighted by Gasteiger charge is -2.08. The number of nitrogens with zero attached hydrogens (tertiary/aromatic N) is 1. The van der Waals surface area contributed by atoms with E-state index < -0.39 is 0 Å². The molecule has 0 aliphatic carbocycles. The Bertz CT molecular complexity index is 503. The summed E-state index contributed by atoms with van der Waals surface area (Å²) in [7, 11) is 0. The van der Waals surface area contributed by atoms with Crippen molar-refractivity contribution >= 4 is 29.5 Å². The predicted octanol–water partition coefficient (Wildman–Crippen LogP) is 1.92. The first-order valence-corrected chi connectivity index (χ1v) is 5.55. The topological polar surface area (TPSA) is 66.5 Å². The normalized spacial score (nSPS) is 17.5. The van der Waals surface area contributed by atoms with Gasteiger partial charge in [0.15, 0.2) is 0 Å². The first-order chi connectivity index (χ1) is 8.06. The average molecular weight is 254 g/mol. The molecule has 90 valence electrons. The van der Waals surface area contributed by atoms with E-state index in [9.17, 15) is 4.79 Å². The Morgan fingerprint density at radius 2 is 2.24 bits per heavy atom. The van der Waals surface area contributed by atoms with Crippen molar-refractivity contribution in [3.63, 3.8) is 0 Å². The van der Waals surface area contributed by atoms with Crippen molar-refractivity contribution in [1.29, 1.82) is 0 Å². The van der Waals surface area contributed by atoms with Gasteiger partial charge in [-0.3, -0.25) is 4.79 Å². The monoisotopic (exact) mass is 253 g/mol. The molecule has 17 heavy (non-hydrogen) atoms. The van der Waals surface area contributed by atoms with Gasteiger partial charge in [0.25, 0.3) is 5.91 Å². The molecule has 1 aliphatic heterocycles. The molecule has 1 aromatic rings. The van der Waals surface area contributed by atoms with Crippen LogP contribution in [0, 0.1) is 0 Å².